The largest absolute Gasteiger partial charge is 0.323 e. The maximum atomic E-state index is 13.8. The van der Waals surface area contributed by atoms with Crippen molar-refractivity contribution >= 4 is 33.2 Å². The second kappa shape index (κ2) is 8.10. The number of hydrogen-bond donors (Lipinski definition) is 1. The molecule has 1 fully saturated rings. The Morgan fingerprint density at radius 1 is 1.00 bits per heavy atom. The van der Waals surface area contributed by atoms with E-state index in [9.17, 15) is 26.4 Å². The van der Waals surface area contributed by atoms with Crippen LogP contribution in [0.15, 0.2) is 41.3 Å². The van der Waals surface area contributed by atoms with Crippen molar-refractivity contribution in [2.45, 2.75) is 17.7 Å². The number of nitrogens with one attached hydrogen (secondary N) is 1. The second-order valence-electron chi connectivity index (χ2n) is 6.37. The van der Waals surface area contributed by atoms with Gasteiger partial charge < -0.3 is 5.32 Å². The van der Waals surface area contributed by atoms with Gasteiger partial charge in [-0.15, -0.1) is 0 Å². The van der Waals surface area contributed by atoms with Crippen molar-refractivity contribution in [3.8, 4) is 0 Å². The summed E-state index contributed by atoms with van der Waals surface area (Å²) in [7, 11) is -4.00. The first-order valence-electron chi connectivity index (χ1n) is 8.39. The van der Waals surface area contributed by atoms with Crippen LogP contribution >= 0.6 is 11.6 Å². The molecule has 2 aromatic rings. The molecule has 1 aliphatic rings. The Morgan fingerprint density at radius 3 is 2.29 bits per heavy atom. The SMILES string of the molecule is O=C(Nc1ccc(Cl)cc1F)C1CCN(S(=O)(=O)c2ccc(F)c(F)c2)CC1. The van der Waals surface area contributed by atoms with Crippen molar-refractivity contribution in [1.82, 2.24) is 4.31 Å². The molecular formula is C18H16ClF3N2O3S. The number of anilines is 1. The van der Waals surface area contributed by atoms with Gasteiger partial charge >= 0.3 is 0 Å². The van der Waals surface area contributed by atoms with E-state index in [2.05, 4.69) is 5.32 Å². The molecule has 28 heavy (non-hydrogen) atoms. The zero-order chi connectivity index (χ0) is 20.5. The van der Waals surface area contributed by atoms with Crippen LogP contribution in [0.5, 0.6) is 0 Å². The summed E-state index contributed by atoms with van der Waals surface area (Å²) in [5.74, 6) is -3.99. The minimum absolute atomic E-state index is 0.00811. The first kappa shape index (κ1) is 20.6. The number of piperidine rings is 1. The maximum Gasteiger partial charge on any atom is 0.243 e. The Labute approximate surface area is 165 Å². The van der Waals surface area contributed by atoms with Crippen LogP contribution in [0.3, 0.4) is 0 Å². The molecule has 0 aromatic heterocycles. The molecule has 10 heteroatoms. The quantitative estimate of drug-likeness (QED) is 0.799. The van der Waals surface area contributed by atoms with Crippen molar-refractivity contribution in [3.63, 3.8) is 0 Å². The van der Waals surface area contributed by atoms with E-state index in [0.29, 0.717) is 6.07 Å². The summed E-state index contributed by atoms with van der Waals surface area (Å²) in [6, 6.07) is 6.25. The van der Waals surface area contributed by atoms with Crippen LogP contribution in [0, 0.1) is 23.4 Å². The Bertz CT molecular complexity index is 1010. The van der Waals surface area contributed by atoms with Gasteiger partial charge in [-0.3, -0.25) is 4.79 Å². The molecule has 0 saturated carbocycles. The number of halogens is 4. The third-order valence-electron chi connectivity index (χ3n) is 4.54. The minimum atomic E-state index is -4.00. The molecule has 5 nitrogen and oxygen atoms in total. The van der Waals surface area contributed by atoms with Gasteiger partial charge in [-0.25, -0.2) is 21.6 Å². The van der Waals surface area contributed by atoms with Gasteiger partial charge in [-0.1, -0.05) is 11.6 Å². The highest BCUT2D eigenvalue weighted by molar-refractivity contribution is 7.89. The number of nitrogens with zero attached hydrogens (tertiary/aromatic N) is 1. The molecule has 0 atom stereocenters. The topological polar surface area (TPSA) is 66.5 Å². The van der Waals surface area contributed by atoms with E-state index in [1.54, 1.807) is 0 Å². The monoisotopic (exact) mass is 432 g/mol. The van der Waals surface area contributed by atoms with Gasteiger partial charge in [-0.2, -0.15) is 4.31 Å². The van der Waals surface area contributed by atoms with Crippen LogP contribution in [0.1, 0.15) is 12.8 Å². The molecule has 1 heterocycles. The summed E-state index contributed by atoms with van der Waals surface area (Å²) in [5, 5.41) is 2.67. The number of rotatable bonds is 4. The number of sulfonamides is 1. The zero-order valence-electron chi connectivity index (χ0n) is 14.5. The summed E-state index contributed by atoms with van der Waals surface area (Å²) in [6.07, 6.45) is 0.425. The molecule has 0 spiro atoms. The van der Waals surface area contributed by atoms with Crippen LogP contribution in [-0.2, 0) is 14.8 Å². The fraction of sp³-hybridized carbons (Fsp3) is 0.278. The third-order valence-corrected chi connectivity index (χ3v) is 6.67. The highest BCUT2D eigenvalue weighted by atomic mass is 35.5. The Hall–Kier alpha value is -2.10. The number of hydrogen-bond acceptors (Lipinski definition) is 3. The standard InChI is InChI=1S/C18H16ClF3N2O3S/c19-12-1-4-17(16(22)9-12)23-18(25)11-5-7-24(8-6-11)28(26,27)13-2-3-14(20)15(21)10-13/h1-4,9-11H,5-8H2,(H,23,25). The smallest absolute Gasteiger partial charge is 0.243 e. The Balaban J connectivity index is 1.64. The normalized spacial score (nSPS) is 16.1. The second-order valence-corrected chi connectivity index (χ2v) is 8.74. The van der Waals surface area contributed by atoms with Crippen molar-refractivity contribution in [2.75, 3.05) is 18.4 Å². The van der Waals surface area contributed by atoms with Gasteiger partial charge in [0.2, 0.25) is 15.9 Å². The fourth-order valence-corrected chi connectivity index (χ4v) is 4.61. The number of carbonyl (C=O) groups excluding carboxylic acids is 1. The molecule has 1 saturated heterocycles. The summed E-state index contributed by atoms with van der Waals surface area (Å²) in [6.45, 7) is 0.0605. The maximum absolute atomic E-state index is 13.8. The minimum Gasteiger partial charge on any atom is -0.323 e. The van der Waals surface area contributed by atoms with E-state index in [-0.39, 0.29) is 41.5 Å². The van der Waals surface area contributed by atoms with Gasteiger partial charge in [0.15, 0.2) is 11.6 Å². The molecule has 0 bridgehead atoms. The highest BCUT2D eigenvalue weighted by Crippen LogP contribution is 2.26. The van der Waals surface area contributed by atoms with E-state index in [1.807, 2.05) is 0 Å². The van der Waals surface area contributed by atoms with E-state index in [4.69, 9.17) is 11.6 Å². The van der Waals surface area contributed by atoms with Crippen molar-refractivity contribution in [1.29, 1.82) is 0 Å². The third kappa shape index (κ3) is 4.31. The lowest BCUT2D eigenvalue weighted by Gasteiger charge is -2.30. The summed E-state index contributed by atoms with van der Waals surface area (Å²) >= 11 is 5.67. The van der Waals surface area contributed by atoms with Gasteiger partial charge in [-0.05, 0) is 49.2 Å². The predicted octanol–water partition coefficient (Wildman–Crippen LogP) is 3.80. The van der Waals surface area contributed by atoms with E-state index >= 15 is 0 Å². The van der Waals surface area contributed by atoms with Gasteiger partial charge in [0.1, 0.15) is 5.82 Å². The highest BCUT2D eigenvalue weighted by Gasteiger charge is 2.32. The number of amides is 1. The van der Waals surface area contributed by atoms with Crippen LogP contribution in [0.2, 0.25) is 5.02 Å². The fourth-order valence-electron chi connectivity index (χ4n) is 2.97. The predicted molar refractivity (Wildman–Crippen MR) is 97.9 cm³/mol. The molecule has 150 valence electrons. The molecule has 1 amide bonds. The van der Waals surface area contributed by atoms with E-state index < -0.39 is 39.3 Å². The lowest BCUT2D eigenvalue weighted by Crippen LogP contribution is -2.41. The van der Waals surface area contributed by atoms with Gasteiger partial charge in [0, 0.05) is 24.0 Å². The van der Waals surface area contributed by atoms with Crippen LogP contribution in [0.4, 0.5) is 18.9 Å². The first-order chi connectivity index (χ1) is 13.2. The lowest BCUT2D eigenvalue weighted by atomic mass is 9.97. The first-order valence-corrected chi connectivity index (χ1v) is 10.2. The van der Waals surface area contributed by atoms with Crippen LogP contribution < -0.4 is 5.32 Å². The van der Waals surface area contributed by atoms with Crippen LogP contribution in [-0.4, -0.2) is 31.7 Å². The molecule has 0 aliphatic carbocycles. The molecule has 3 rings (SSSR count). The molecule has 0 unspecified atom stereocenters. The van der Waals surface area contributed by atoms with Gasteiger partial charge in [0.05, 0.1) is 10.6 Å². The van der Waals surface area contributed by atoms with Crippen molar-refractivity contribution in [3.05, 3.63) is 58.9 Å². The summed E-state index contributed by atoms with van der Waals surface area (Å²) < 4.78 is 66.5. The lowest BCUT2D eigenvalue weighted by molar-refractivity contribution is -0.120. The Morgan fingerprint density at radius 2 is 1.68 bits per heavy atom. The number of benzene rings is 2. The van der Waals surface area contributed by atoms with E-state index in [1.165, 1.54) is 12.1 Å². The number of carbonyl (C=O) groups is 1. The van der Waals surface area contributed by atoms with Crippen molar-refractivity contribution < 1.29 is 26.4 Å². The molecule has 1 aliphatic heterocycles. The summed E-state index contributed by atoms with van der Waals surface area (Å²) in [4.78, 5) is 12.0. The average Bonchev–Trinajstić information content (AvgIpc) is 2.66. The van der Waals surface area contributed by atoms with Gasteiger partial charge in [0.25, 0.3) is 0 Å². The molecule has 0 radical (unpaired) electrons. The summed E-state index contributed by atoms with van der Waals surface area (Å²) in [5.41, 5.74) is -0.00811. The van der Waals surface area contributed by atoms with E-state index in [0.717, 1.165) is 22.5 Å². The molecule has 2 aromatic carbocycles. The van der Waals surface area contributed by atoms with Crippen molar-refractivity contribution in [2.24, 2.45) is 5.92 Å². The molecular weight excluding hydrogens is 417 g/mol. The van der Waals surface area contributed by atoms with Crippen LogP contribution in [0.25, 0.3) is 0 Å². The zero-order valence-corrected chi connectivity index (χ0v) is 16.0. The average molecular weight is 433 g/mol. The Kier molecular flexibility index (Phi) is 5.97. The molecule has 1 N–H and O–H groups in total.